The fourth-order valence-electron chi connectivity index (χ4n) is 1.44. The molecular formula is C12H7BrF2OS. The molecule has 0 amide bonds. The van der Waals surface area contributed by atoms with Gasteiger partial charge in [0.15, 0.2) is 5.78 Å². The van der Waals surface area contributed by atoms with Gasteiger partial charge in [0, 0.05) is 22.3 Å². The summed E-state index contributed by atoms with van der Waals surface area (Å²) in [6, 6.07) is 4.83. The lowest BCUT2D eigenvalue weighted by Crippen LogP contribution is -2.02. The predicted molar refractivity (Wildman–Crippen MR) is 66.4 cm³/mol. The van der Waals surface area contributed by atoms with Crippen molar-refractivity contribution < 1.29 is 13.6 Å². The molecule has 5 heteroatoms. The summed E-state index contributed by atoms with van der Waals surface area (Å²) in [6.07, 6.45) is 0.00162. The number of benzene rings is 1. The van der Waals surface area contributed by atoms with Crippen molar-refractivity contribution in [3.63, 3.8) is 0 Å². The van der Waals surface area contributed by atoms with Crippen molar-refractivity contribution in [2.24, 2.45) is 0 Å². The maximum atomic E-state index is 12.9. The Balaban J connectivity index is 2.18. The van der Waals surface area contributed by atoms with Crippen LogP contribution in [0.15, 0.2) is 34.1 Å². The molecule has 2 rings (SSSR count). The fourth-order valence-corrected chi connectivity index (χ4v) is 2.81. The van der Waals surface area contributed by atoms with E-state index in [4.69, 9.17) is 0 Å². The van der Waals surface area contributed by atoms with E-state index in [9.17, 15) is 13.6 Å². The number of carbonyl (C=O) groups is 1. The standard InChI is InChI=1S/C12H7BrF2OS/c13-8-4-12(17-6-8)11(16)3-7-1-9(14)5-10(15)2-7/h1-2,4-6H,3H2. The Morgan fingerprint density at radius 3 is 2.35 bits per heavy atom. The van der Waals surface area contributed by atoms with Gasteiger partial charge in [-0.3, -0.25) is 4.79 Å². The van der Waals surface area contributed by atoms with Crippen molar-refractivity contribution >= 4 is 33.0 Å². The Morgan fingerprint density at radius 2 is 1.82 bits per heavy atom. The number of hydrogen-bond donors (Lipinski definition) is 0. The van der Waals surface area contributed by atoms with Gasteiger partial charge in [-0.05, 0) is 39.7 Å². The molecule has 2 aromatic rings. The molecule has 0 unspecified atom stereocenters. The molecule has 0 fully saturated rings. The van der Waals surface area contributed by atoms with Gasteiger partial charge in [-0.25, -0.2) is 8.78 Å². The minimum absolute atomic E-state index is 0.00162. The fraction of sp³-hybridized carbons (Fsp3) is 0.0833. The van der Waals surface area contributed by atoms with Crippen LogP contribution in [0, 0.1) is 11.6 Å². The highest BCUT2D eigenvalue weighted by Gasteiger charge is 2.11. The number of carbonyl (C=O) groups excluding carboxylic acids is 1. The highest BCUT2D eigenvalue weighted by atomic mass is 79.9. The third kappa shape index (κ3) is 3.20. The molecule has 0 spiro atoms. The molecule has 0 aliphatic heterocycles. The number of rotatable bonds is 3. The number of Topliss-reactive ketones (excluding diaryl/α,β-unsaturated/α-hetero) is 1. The van der Waals surface area contributed by atoms with E-state index in [1.54, 1.807) is 11.4 Å². The van der Waals surface area contributed by atoms with Crippen molar-refractivity contribution in [1.82, 2.24) is 0 Å². The number of ketones is 1. The van der Waals surface area contributed by atoms with Crippen LogP contribution in [0.3, 0.4) is 0 Å². The van der Waals surface area contributed by atoms with Crippen molar-refractivity contribution in [1.29, 1.82) is 0 Å². The number of thiophene rings is 1. The lowest BCUT2D eigenvalue weighted by Gasteiger charge is -2.00. The summed E-state index contributed by atoms with van der Waals surface area (Å²) >= 11 is 4.55. The molecule has 0 N–H and O–H groups in total. The van der Waals surface area contributed by atoms with Crippen molar-refractivity contribution in [3.8, 4) is 0 Å². The molecule has 0 bridgehead atoms. The normalized spacial score (nSPS) is 10.5. The summed E-state index contributed by atoms with van der Waals surface area (Å²) in [6.45, 7) is 0. The molecule has 0 aliphatic rings. The Bertz CT molecular complexity index is 545. The lowest BCUT2D eigenvalue weighted by atomic mass is 10.1. The second-order valence-corrected chi connectivity index (χ2v) is 5.33. The van der Waals surface area contributed by atoms with Crippen LogP contribution >= 0.6 is 27.3 Å². The Labute approximate surface area is 109 Å². The van der Waals surface area contributed by atoms with Gasteiger partial charge < -0.3 is 0 Å². The van der Waals surface area contributed by atoms with Gasteiger partial charge >= 0.3 is 0 Å². The number of hydrogen-bond acceptors (Lipinski definition) is 2. The summed E-state index contributed by atoms with van der Waals surface area (Å²) in [5, 5.41) is 1.79. The molecule has 88 valence electrons. The first kappa shape index (κ1) is 12.4. The van der Waals surface area contributed by atoms with E-state index in [-0.39, 0.29) is 12.2 Å². The van der Waals surface area contributed by atoms with Gasteiger partial charge in [0.05, 0.1) is 4.88 Å². The maximum Gasteiger partial charge on any atom is 0.177 e. The first-order valence-electron chi connectivity index (χ1n) is 4.77. The zero-order chi connectivity index (χ0) is 12.4. The smallest absolute Gasteiger partial charge is 0.177 e. The molecular weight excluding hydrogens is 310 g/mol. The molecule has 17 heavy (non-hydrogen) atoms. The highest BCUT2D eigenvalue weighted by Crippen LogP contribution is 2.21. The van der Waals surface area contributed by atoms with Gasteiger partial charge in [0.2, 0.25) is 0 Å². The zero-order valence-electron chi connectivity index (χ0n) is 8.54. The van der Waals surface area contributed by atoms with Crippen molar-refractivity contribution in [3.05, 3.63) is 56.2 Å². The summed E-state index contributed by atoms with van der Waals surface area (Å²) in [7, 11) is 0. The Morgan fingerprint density at radius 1 is 1.18 bits per heavy atom. The maximum absolute atomic E-state index is 12.9. The molecule has 0 aliphatic carbocycles. The minimum atomic E-state index is -0.667. The van der Waals surface area contributed by atoms with E-state index in [1.165, 1.54) is 23.5 Å². The average molecular weight is 317 g/mol. The van der Waals surface area contributed by atoms with Crippen LogP contribution in [0.2, 0.25) is 0 Å². The third-order valence-corrected chi connectivity index (χ3v) is 3.86. The SMILES string of the molecule is O=C(Cc1cc(F)cc(F)c1)c1cc(Br)cs1. The predicted octanol–water partition coefficient (Wildman–Crippen LogP) is 4.21. The lowest BCUT2D eigenvalue weighted by molar-refractivity contribution is 0.0996. The van der Waals surface area contributed by atoms with Gasteiger partial charge in [0.1, 0.15) is 11.6 Å². The summed E-state index contributed by atoms with van der Waals surface area (Å²) in [5.41, 5.74) is 0.344. The molecule has 1 aromatic carbocycles. The topological polar surface area (TPSA) is 17.1 Å². The van der Waals surface area contributed by atoms with Crippen LogP contribution in [0.4, 0.5) is 8.78 Å². The molecule has 0 saturated heterocycles. The van der Waals surface area contributed by atoms with Crippen LogP contribution in [0.5, 0.6) is 0 Å². The van der Waals surface area contributed by atoms with Crippen LogP contribution < -0.4 is 0 Å². The first-order valence-corrected chi connectivity index (χ1v) is 6.44. The van der Waals surface area contributed by atoms with Gasteiger partial charge in [-0.1, -0.05) is 0 Å². The second-order valence-electron chi connectivity index (χ2n) is 3.51. The van der Waals surface area contributed by atoms with Crippen LogP contribution in [0.25, 0.3) is 0 Å². The van der Waals surface area contributed by atoms with E-state index in [2.05, 4.69) is 15.9 Å². The third-order valence-electron chi connectivity index (χ3n) is 2.13. The minimum Gasteiger partial charge on any atom is -0.293 e. The van der Waals surface area contributed by atoms with Gasteiger partial charge in [0.25, 0.3) is 0 Å². The van der Waals surface area contributed by atoms with E-state index in [0.717, 1.165) is 10.5 Å². The van der Waals surface area contributed by atoms with E-state index < -0.39 is 11.6 Å². The largest absolute Gasteiger partial charge is 0.293 e. The molecule has 1 heterocycles. The summed E-state index contributed by atoms with van der Waals surface area (Å²) < 4.78 is 26.7. The molecule has 0 radical (unpaired) electrons. The molecule has 1 aromatic heterocycles. The second kappa shape index (κ2) is 5.06. The van der Waals surface area contributed by atoms with E-state index >= 15 is 0 Å². The van der Waals surface area contributed by atoms with Crippen LogP contribution in [-0.2, 0) is 6.42 Å². The quantitative estimate of drug-likeness (QED) is 0.775. The zero-order valence-corrected chi connectivity index (χ0v) is 10.9. The van der Waals surface area contributed by atoms with Crippen molar-refractivity contribution in [2.45, 2.75) is 6.42 Å². The van der Waals surface area contributed by atoms with Gasteiger partial charge in [-0.15, -0.1) is 11.3 Å². The summed E-state index contributed by atoms with van der Waals surface area (Å²) in [5.74, 6) is -1.48. The van der Waals surface area contributed by atoms with Crippen LogP contribution in [-0.4, -0.2) is 5.78 Å². The molecule has 0 saturated carbocycles. The highest BCUT2D eigenvalue weighted by molar-refractivity contribution is 9.10. The Hall–Kier alpha value is -1.07. The van der Waals surface area contributed by atoms with Crippen molar-refractivity contribution in [2.75, 3.05) is 0 Å². The first-order chi connectivity index (χ1) is 8.04. The van der Waals surface area contributed by atoms with E-state index in [0.29, 0.717) is 10.4 Å². The monoisotopic (exact) mass is 316 g/mol. The van der Waals surface area contributed by atoms with E-state index in [1.807, 2.05) is 0 Å². The molecule has 0 atom stereocenters. The van der Waals surface area contributed by atoms with Gasteiger partial charge in [-0.2, -0.15) is 0 Å². The molecule has 1 nitrogen and oxygen atoms in total. The Kier molecular flexibility index (Phi) is 3.69. The average Bonchev–Trinajstić information content (AvgIpc) is 2.63. The van der Waals surface area contributed by atoms with Crippen LogP contribution in [0.1, 0.15) is 15.2 Å². The summed E-state index contributed by atoms with van der Waals surface area (Å²) in [4.78, 5) is 12.4. The number of halogens is 3.